The third kappa shape index (κ3) is 6.15. The number of para-hydroxylation sites is 1. The molecule has 0 radical (unpaired) electrons. The van der Waals surface area contributed by atoms with Gasteiger partial charge >= 0.3 is 0 Å². The molecule has 5 heteroatoms. The molecular weight excluding hydrogens is 645 g/mol. The Kier molecular flexibility index (Phi) is 5.80. The summed E-state index contributed by atoms with van der Waals surface area (Å²) in [5.41, 5.74) is 4.40. The number of pyridine rings is 1. The summed E-state index contributed by atoms with van der Waals surface area (Å²) in [5.74, 6) is 3.75. The lowest BCUT2D eigenvalue weighted by Crippen LogP contribution is -2.33. The third-order valence-corrected chi connectivity index (χ3v) is 9.48. The molecule has 6 aromatic carbocycles. The van der Waals surface area contributed by atoms with Gasteiger partial charge in [-0.2, -0.15) is 0 Å². The number of rotatable bonds is 7. The minimum Gasteiger partial charge on any atom is -0.458 e. The van der Waals surface area contributed by atoms with E-state index in [1.165, 1.54) is 0 Å². The van der Waals surface area contributed by atoms with Crippen LogP contribution in [0.1, 0.15) is 40.0 Å². The fourth-order valence-electron chi connectivity index (χ4n) is 6.94. The number of hydrogen-bond donors (Lipinski definition) is 0. The summed E-state index contributed by atoms with van der Waals surface area (Å²) in [6.07, 6.45) is 7.04. The highest BCUT2D eigenvalue weighted by Gasteiger charge is 2.25. The average molecular weight is 694 g/mol. The van der Waals surface area contributed by atoms with Gasteiger partial charge in [-0.1, -0.05) is 129 Å². The fraction of sp³-hybridized carbons (Fsp3) is 0.0833. The Morgan fingerprint density at radius 1 is 0.698 bits per heavy atom. The zero-order chi connectivity index (χ0) is 44.6. The first kappa shape index (κ1) is 23.2. The van der Waals surface area contributed by atoms with Gasteiger partial charge in [0.25, 0.3) is 0 Å². The first-order valence-electron chi connectivity index (χ1n) is 22.3. The number of benzene rings is 6. The van der Waals surface area contributed by atoms with Gasteiger partial charge in [-0.15, -0.1) is 5.98 Å². The monoisotopic (exact) mass is 693 g/mol. The number of fused-ring (bicyclic) bond motifs is 3. The van der Waals surface area contributed by atoms with Crippen LogP contribution in [0.5, 0.6) is 11.5 Å². The summed E-state index contributed by atoms with van der Waals surface area (Å²) in [4.78, 5) is 4.80. The zero-order valence-electron chi connectivity index (χ0n) is 39.3. The summed E-state index contributed by atoms with van der Waals surface area (Å²) < 4.78 is 95.9. The molecule has 0 saturated heterocycles. The molecule has 1 aliphatic rings. The summed E-state index contributed by atoms with van der Waals surface area (Å²) in [7, 11) is 0. The third-order valence-electron chi connectivity index (χ3n) is 9.48. The second kappa shape index (κ2) is 13.3. The van der Waals surface area contributed by atoms with E-state index in [0.29, 0.717) is 22.6 Å². The van der Waals surface area contributed by atoms with Gasteiger partial charge in [-0.05, 0) is 81.8 Å². The SMILES string of the molecule is [2H]c1c([2H])c([2H])c(-c2cccc(-c3c([2H])c([2H])c([2H])c([2H])c3[2H])c2B2[C-]=[N+](c3cccc(Oc4ccc5c6ccccc6n(-c6cc(C(C)(C)C)ccn6)c5c4)c3)C=C2)c([2H])c1[2H]. The predicted octanol–water partition coefficient (Wildman–Crippen LogP) is 11.2. The van der Waals surface area contributed by atoms with Crippen LogP contribution in [0, 0.1) is 0 Å². The van der Waals surface area contributed by atoms with Crippen LogP contribution in [0.2, 0.25) is 0 Å². The van der Waals surface area contributed by atoms with Crippen molar-refractivity contribution in [3.63, 3.8) is 0 Å². The van der Waals surface area contributed by atoms with Crippen LogP contribution in [-0.4, -0.2) is 27.0 Å². The van der Waals surface area contributed by atoms with Crippen molar-refractivity contribution in [2.45, 2.75) is 26.2 Å². The molecule has 254 valence electrons. The van der Waals surface area contributed by atoms with E-state index in [2.05, 4.69) is 55.7 Å². The molecule has 0 aliphatic carbocycles. The van der Waals surface area contributed by atoms with Crippen molar-refractivity contribution in [1.29, 1.82) is 0 Å². The molecular formula is C48H38BN3O. The van der Waals surface area contributed by atoms with Crippen molar-refractivity contribution in [3.05, 3.63) is 181 Å². The Bertz CT molecular complexity index is 3140. The van der Waals surface area contributed by atoms with Crippen LogP contribution in [-0.2, 0) is 5.41 Å². The zero-order valence-corrected chi connectivity index (χ0v) is 29.3. The minimum absolute atomic E-state index is 0.0739. The summed E-state index contributed by atoms with van der Waals surface area (Å²) in [6, 6.07) is 25.7. The second-order valence-corrected chi connectivity index (χ2v) is 13.9. The Balaban J connectivity index is 1.13. The molecule has 0 atom stereocenters. The normalized spacial score (nSPS) is 15.5. The van der Waals surface area contributed by atoms with E-state index in [4.69, 9.17) is 23.4 Å². The molecule has 2 aromatic heterocycles. The van der Waals surface area contributed by atoms with Crippen molar-refractivity contribution >= 4 is 45.8 Å². The standard InChI is InChI=1S/C48H38BN3O/c1-48(2,3)36-26-28-50-46(30-36)52-44-23-11-10-20-42(44)43-25-24-39(32-45(43)52)53-38-19-12-18-37(31-38)51-29-27-49(33-51)47-40(34-14-6-4-7-15-34)21-13-22-41(47)35-16-8-5-9-17-35/h4-32H,1-3H3/i4D,5D,6D,7D,8D,9D,14D,15D,16D,17D. The van der Waals surface area contributed by atoms with Crippen molar-refractivity contribution in [1.82, 2.24) is 9.55 Å². The molecule has 0 N–H and O–H groups in total. The lowest BCUT2D eigenvalue weighted by Gasteiger charge is -2.20. The van der Waals surface area contributed by atoms with Gasteiger partial charge < -0.3 is 9.31 Å². The van der Waals surface area contributed by atoms with Crippen molar-refractivity contribution in [2.75, 3.05) is 0 Å². The molecule has 0 unspecified atom stereocenters. The second-order valence-electron chi connectivity index (χ2n) is 13.9. The molecule has 53 heavy (non-hydrogen) atoms. The highest BCUT2D eigenvalue weighted by Crippen LogP contribution is 2.36. The number of aromatic nitrogens is 2. The van der Waals surface area contributed by atoms with Crippen molar-refractivity contribution in [2.24, 2.45) is 0 Å². The fourth-order valence-corrected chi connectivity index (χ4v) is 6.94. The van der Waals surface area contributed by atoms with Crippen LogP contribution in [0.25, 0.3) is 49.9 Å². The quantitative estimate of drug-likeness (QED) is 0.0945. The van der Waals surface area contributed by atoms with Gasteiger partial charge in [-0.3, -0.25) is 4.57 Å². The van der Waals surface area contributed by atoms with Gasteiger partial charge in [-0.25, -0.2) is 4.98 Å². The molecule has 8 aromatic rings. The van der Waals surface area contributed by atoms with E-state index in [0.717, 1.165) is 33.2 Å². The van der Waals surface area contributed by atoms with Crippen molar-refractivity contribution in [3.8, 4) is 39.6 Å². The molecule has 4 nitrogen and oxygen atoms in total. The van der Waals surface area contributed by atoms with Gasteiger partial charge in [0, 0.05) is 23.0 Å². The predicted molar refractivity (Wildman–Crippen MR) is 221 cm³/mol. The van der Waals surface area contributed by atoms with E-state index in [1.54, 1.807) is 34.9 Å². The van der Waals surface area contributed by atoms with Gasteiger partial charge in [0.1, 0.15) is 23.0 Å². The van der Waals surface area contributed by atoms with Gasteiger partial charge in [0.05, 0.1) is 37.1 Å². The van der Waals surface area contributed by atoms with E-state index < -0.39 is 67.1 Å². The van der Waals surface area contributed by atoms with E-state index in [1.807, 2.05) is 60.8 Å². The molecule has 0 saturated carbocycles. The van der Waals surface area contributed by atoms with Crippen LogP contribution in [0.15, 0.2) is 176 Å². The molecule has 0 fully saturated rings. The Morgan fingerprint density at radius 2 is 1.38 bits per heavy atom. The van der Waals surface area contributed by atoms with Crippen LogP contribution in [0.4, 0.5) is 5.69 Å². The maximum absolute atomic E-state index is 8.85. The molecule has 1 aliphatic heterocycles. The van der Waals surface area contributed by atoms with E-state index in [9.17, 15) is 0 Å². The summed E-state index contributed by atoms with van der Waals surface area (Å²) >= 11 is 0. The maximum Gasteiger partial charge on any atom is 0.231 e. The molecule has 3 heterocycles. The largest absolute Gasteiger partial charge is 0.458 e. The number of ether oxygens (including phenoxy) is 1. The Hall–Kier alpha value is -6.46. The molecule has 0 spiro atoms. The van der Waals surface area contributed by atoms with Gasteiger partial charge in [0.2, 0.25) is 6.71 Å². The summed E-state index contributed by atoms with van der Waals surface area (Å²) in [6.45, 7) is 5.78. The smallest absolute Gasteiger partial charge is 0.231 e. The summed E-state index contributed by atoms with van der Waals surface area (Å²) in [5, 5.41) is 2.15. The lowest BCUT2D eigenvalue weighted by atomic mass is 9.44. The topological polar surface area (TPSA) is 30.1 Å². The number of hydrogen-bond acceptors (Lipinski definition) is 2. The minimum atomic E-state index is -0.758. The highest BCUT2D eigenvalue weighted by atomic mass is 16.5. The van der Waals surface area contributed by atoms with Crippen LogP contribution in [0.3, 0.4) is 0 Å². The van der Waals surface area contributed by atoms with E-state index >= 15 is 0 Å². The van der Waals surface area contributed by atoms with Crippen molar-refractivity contribution < 1.29 is 23.0 Å². The molecule has 0 amide bonds. The molecule has 0 bridgehead atoms. The lowest BCUT2D eigenvalue weighted by molar-refractivity contribution is -0.349. The van der Waals surface area contributed by atoms with E-state index in [-0.39, 0.29) is 27.7 Å². The first-order valence-corrected chi connectivity index (χ1v) is 17.3. The van der Waals surface area contributed by atoms with Gasteiger partial charge in [0.15, 0.2) is 0 Å². The van der Waals surface area contributed by atoms with Crippen LogP contribution < -0.4 is 10.2 Å². The molecule has 9 rings (SSSR count). The highest BCUT2D eigenvalue weighted by molar-refractivity contribution is 7.00. The van der Waals surface area contributed by atoms with Crippen LogP contribution >= 0.6 is 0 Å². The Labute approximate surface area is 325 Å². The first-order chi connectivity index (χ1) is 30.0. The average Bonchev–Trinajstić information content (AvgIpc) is 3.90. The Morgan fingerprint density at radius 3 is 2.11 bits per heavy atom. The number of nitrogens with zero attached hydrogens (tertiary/aromatic N) is 3. The maximum atomic E-state index is 8.85.